The highest BCUT2D eigenvalue weighted by Gasteiger charge is 2.06. The van der Waals surface area contributed by atoms with Gasteiger partial charge >= 0.3 is 0 Å². The fourth-order valence-corrected chi connectivity index (χ4v) is 3.15. The van der Waals surface area contributed by atoms with Crippen LogP contribution in [0.2, 0.25) is 19.4 Å². The van der Waals surface area contributed by atoms with Gasteiger partial charge in [-0.2, -0.15) is 0 Å². The molecule has 0 radical (unpaired) electrons. The van der Waals surface area contributed by atoms with Gasteiger partial charge in [0.15, 0.2) is 0 Å². The van der Waals surface area contributed by atoms with E-state index < -0.39 is 0 Å². The van der Waals surface area contributed by atoms with Gasteiger partial charge in [-0.1, -0.05) is 46.4 Å². The predicted octanol–water partition coefficient (Wildman–Crippen LogP) is 5.53. The van der Waals surface area contributed by atoms with E-state index in [2.05, 4.69) is 5.32 Å². The maximum absolute atomic E-state index is 6.01. The number of nitrogens with one attached hydrogen (secondary N) is 1. The van der Waals surface area contributed by atoms with Crippen LogP contribution in [0.15, 0.2) is 24.3 Å². The molecule has 7 heteroatoms. The number of hydrogen-bond acceptors (Lipinski definition) is 3. The largest absolute Gasteiger partial charge is 0.491 e. The van der Waals surface area contributed by atoms with Crippen molar-refractivity contribution in [2.75, 3.05) is 13.2 Å². The van der Waals surface area contributed by atoms with Gasteiger partial charge in [-0.3, -0.25) is 0 Å². The summed E-state index contributed by atoms with van der Waals surface area (Å²) in [5, 5.41) is 4.54. The molecule has 2 aromatic rings. The summed E-state index contributed by atoms with van der Waals surface area (Å²) in [5.74, 6) is 0.530. The van der Waals surface area contributed by atoms with Gasteiger partial charge in [-0.25, -0.2) is 0 Å². The minimum absolute atomic E-state index is 0.414. The number of thiophene rings is 1. The minimum Gasteiger partial charge on any atom is -0.491 e. The molecule has 2 nitrogen and oxygen atoms in total. The van der Waals surface area contributed by atoms with Crippen LogP contribution in [0.3, 0.4) is 0 Å². The molecule has 0 fully saturated rings. The summed E-state index contributed by atoms with van der Waals surface area (Å²) in [6, 6.07) is 7.07. The van der Waals surface area contributed by atoms with E-state index in [9.17, 15) is 0 Å². The lowest BCUT2D eigenvalue weighted by atomic mass is 10.3. The number of benzene rings is 1. The van der Waals surface area contributed by atoms with Crippen molar-refractivity contribution in [3.05, 3.63) is 48.5 Å². The number of ether oxygens (including phenoxy) is 1. The zero-order chi connectivity index (χ0) is 14.5. The second kappa shape index (κ2) is 7.74. The van der Waals surface area contributed by atoms with E-state index >= 15 is 0 Å². The molecular weight excluding hydrogens is 360 g/mol. The van der Waals surface area contributed by atoms with Gasteiger partial charge < -0.3 is 10.1 Å². The summed E-state index contributed by atoms with van der Waals surface area (Å²) >= 11 is 25.2. The van der Waals surface area contributed by atoms with E-state index in [0.29, 0.717) is 34.0 Å². The molecule has 2 rings (SSSR count). The molecular formula is C13H11Cl4NOS. The Labute approximate surface area is 141 Å². The standard InChI is InChI=1S/C13H11Cl4NOS/c14-9-5-11(16)12(6-10(9)15)19-4-3-18-7-8-1-2-13(17)20-8/h1-2,5-6,18H,3-4,7H2. The van der Waals surface area contributed by atoms with Crippen LogP contribution in [-0.2, 0) is 6.54 Å². The van der Waals surface area contributed by atoms with Crippen molar-refractivity contribution >= 4 is 57.7 Å². The molecule has 0 saturated heterocycles. The maximum atomic E-state index is 6.01. The van der Waals surface area contributed by atoms with Gasteiger partial charge in [-0.05, 0) is 18.2 Å². The number of rotatable bonds is 6. The van der Waals surface area contributed by atoms with Crippen molar-refractivity contribution < 1.29 is 4.74 Å². The number of halogens is 4. The zero-order valence-corrected chi connectivity index (χ0v) is 14.1. The summed E-state index contributed by atoms with van der Waals surface area (Å²) < 4.78 is 6.35. The zero-order valence-electron chi connectivity index (χ0n) is 10.3. The van der Waals surface area contributed by atoms with E-state index in [-0.39, 0.29) is 0 Å². The van der Waals surface area contributed by atoms with Crippen LogP contribution in [0, 0.1) is 0 Å². The molecule has 0 saturated carbocycles. The van der Waals surface area contributed by atoms with Crippen LogP contribution >= 0.6 is 57.7 Å². The molecule has 1 heterocycles. The van der Waals surface area contributed by atoms with Crippen molar-refractivity contribution in [2.24, 2.45) is 0 Å². The van der Waals surface area contributed by atoms with E-state index in [0.717, 1.165) is 10.9 Å². The molecule has 1 aromatic carbocycles. The summed E-state index contributed by atoms with van der Waals surface area (Å²) in [4.78, 5) is 1.18. The molecule has 0 unspecified atom stereocenters. The first-order chi connectivity index (χ1) is 9.56. The number of hydrogen-bond donors (Lipinski definition) is 1. The van der Waals surface area contributed by atoms with Crippen molar-refractivity contribution in [3.8, 4) is 5.75 Å². The Balaban J connectivity index is 1.75. The average Bonchev–Trinajstić information content (AvgIpc) is 2.81. The lowest BCUT2D eigenvalue weighted by Crippen LogP contribution is -2.20. The molecule has 1 N–H and O–H groups in total. The maximum Gasteiger partial charge on any atom is 0.139 e. The first-order valence-electron chi connectivity index (χ1n) is 5.78. The van der Waals surface area contributed by atoms with Crippen LogP contribution in [0.4, 0.5) is 0 Å². The summed E-state index contributed by atoms with van der Waals surface area (Å²) in [5.41, 5.74) is 0. The van der Waals surface area contributed by atoms with Crippen molar-refractivity contribution in [1.82, 2.24) is 5.32 Å². The van der Waals surface area contributed by atoms with Crippen LogP contribution in [-0.4, -0.2) is 13.2 Å². The molecule has 1 aromatic heterocycles. The third-order valence-electron chi connectivity index (χ3n) is 2.44. The Morgan fingerprint density at radius 1 is 1.00 bits per heavy atom. The summed E-state index contributed by atoms with van der Waals surface area (Å²) in [6.07, 6.45) is 0. The fourth-order valence-electron chi connectivity index (χ4n) is 1.51. The Kier molecular flexibility index (Phi) is 6.27. The molecule has 0 bridgehead atoms. The van der Waals surface area contributed by atoms with Gasteiger partial charge in [-0.15, -0.1) is 11.3 Å². The smallest absolute Gasteiger partial charge is 0.139 e. The Morgan fingerprint density at radius 3 is 2.45 bits per heavy atom. The second-order valence-electron chi connectivity index (χ2n) is 3.93. The van der Waals surface area contributed by atoms with Crippen LogP contribution < -0.4 is 10.1 Å². The van der Waals surface area contributed by atoms with Gasteiger partial charge in [0.2, 0.25) is 0 Å². The van der Waals surface area contributed by atoms with Crippen LogP contribution in [0.5, 0.6) is 5.75 Å². The Morgan fingerprint density at radius 2 is 1.75 bits per heavy atom. The van der Waals surface area contributed by atoms with Gasteiger partial charge in [0.1, 0.15) is 12.4 Å². The van der Waals surface area contributed by atoms with Gasteiger partial charge in [0.25, 0.3) is 0 Å². The highest BCUT2D eigenvalue weighted by Crippen LogP contribution is 2.33. The molecule has 0 spiro atoms. The summed E-state index contributed by atoms with van der Waals surface area (Å²) in [6.45, 7) is 1.93. The van der Waals surface area contributed by atoms with Crippen molar-refractivity contribution in [1.29, 1.82) is 0 Å². The lowest BCUT2D eigenvalue weighted by molar-refractivity contribution is 0.314. The van der Waals surface area contributed by atoms with E-state index in [1.54, 1.807) is 23.5 Å². The van der Waals surface area contributed by atoms with Gasteiger partial charge in [0.05, 0.1) is 19.4 Å². The SMILES string of the molecule is Clc1ccc(CNCCOc2cc(Cl)c(Cl)cc2Cl)s1. The molecule has 108 valence electrons. The van der Waals surface area contributed by atoms with Gasteiger partial charge in [0, 0.05) is 24.0 Å². The fraction of sp³-hybridized carbons (Fsp3) is 0.231. The third-order valence-corrected chi connectivity index (χ3v) is 4.69. The molecule has 0 amide bonds. The quantitative estimate of drug-likeness (QED) is 0.533. The van der Waals surface area contributed by atoms with Crippen LogP contribution in [0.25, 0.3) is 0 Å². The lowest BCUT2D eigenvalue weighted by Gasteiger charge is -2.09. The monoisotopic (exact) mass is 369 g/mol. The first-order valence-corrected chi connectivity index (χ1v) is 8.11. The van der Waals surface area contributed by atoms with E-state index in [1.807, 2.05) is 12.1 Å². The normalized spacial score (nSPS) is 10.8. The molecule has 0 aliphatic heterocycles. The average molecular weight is 371 g/mol. The molecule has 0 atom stereocenters. The molecule has 0 aliphatic rings. The van der Waals surface area contributed by atoms with Crippen molar-refractivity contribution in [2.45, 2.75) is 6.54 Å². The molecule has 20 heavy (non-hydrogen) atoms. The van der Waals surface area contributed by atoms with E-state index in [1.165, 1.54) is 4.88 Å². The van der Waals surface area contributed by atoms with Crippen LogP contribution in [0.1, 0.15) is 4.88 Å². The van der Waals surface area contributed by atoms with Crippen molar-refractivity contribution in [3.63, 3.8) is 0 Å². The highest BCUT2D eigenvalue weighted by molar-refractivity contribution is 7.16. The topological polar surface area (TPSA) is 21.3 Å². The molecule has 0 aliphatic carbocycles. The highest BCUT2D eigenvalue weighted by atomic mass is 35.5. The predicted molar refractivity (Wildman–Crippen MR) is 88.0 cm³/mol. The summed E-state index contributed by atoms with van der Waals surface area (Å²) in [7, 11) is 0. The Hall–Kier alpha value is -0.160. The third kappa shape index (κ3) is 4.69. The minimum atomic E-state index is 0.414. The van der Waals surface area contributed by atoms with E-state index in [4.69, 9.17) is 51.1 Å². The first kappa shape index (κ1) is 16.2. The Bertz CT molecular complexity index is 588. The second-order valence-corrected chi connectivity index (χ2v) is 6.95.